The van der Waals surface area contributed by atoms with Gasteiger partial charge in [0.15, 0.2) is 0 Å². The van der Waals surface area contributed by atoms with Crippen LogP contribution in [0.15, 0.2) is 0 Å². The lowest BCUT2D eigenvalue weighted by molar-refractivity contribution is -0.157. The van der Waals surface area contributed by atoms with Crippen LogP contribution in [0.4, 0.5) is 0 Å². The lowest BCUT2D eigenvalue weighted by Crippen LogP contribution is -2.69. The van der Waals surface area contributed by atoms with Crippen LogP contribution < -0.4 is 5.32 Å². The number of aliphatic hydroxyl groups excluding tert-OH is 1. The lowest BCUT2D eigenvalue weighted by atomic mass is 9.44. The van der Waals surface area contributed by atoms with Crippen molar-refractivity contribution in [3.8, 4) is 0 Å². The molecule has 0 aromatic heterocycles. The fourth-order valence-corrected chi connectivity index (χ4v) is 4.08. The van der Waals surface area contributed by atoms with E-state index in [0.29, 0.717) is 6.54 Å². The molecule has 3 saturated carbocycles. The SMILES string of the molecule is CC(C)(CO)CNC(=O)C12CC(Br)(C1)C2. The second-order valence-electron chi connectivity index (χ2n) is 5.97. The van der Waals surface area contributed by atoms with E-state index >= 15 is 0 Å². The van der Waals surface area contributed by atoms with E-state index in [4.69, 9.17) is 5.11 Å². The molecule has 0 radical (unpaired) electrons. The maximum atomic E-state index is 11.9. The van der Waals surface area contributed by atoms with Crippen LogP contribution in [-0.2, 0) is 4.79 Å². The zero-order chi connectivity index (χ0) is 11.3. The summed E-state index contributed by atoms with van der Waals surface area (Å²) in [6.45, 7) is 4.55. The Kier molecular flexibility index (Phi) is 2.43. The van der Waals surface area contributed by atoms with E-state index in [-0.39, 0.29) is 27.7 Å². The maximum absolute atomic E-state index is 11.9. The van der Waals surface area contributed by atoms with Gasteiger partial charge in [-0.3, -0.25) is 4.79 Å². The highest BCUT2D eigenvalue weighted by Gasteiger charge is 2.70. The summed E-state index contributed by atoms with van der Waals surface area (Å²) in [4.78, 5) is 11.9. The highest BCUT2D eigenvalue weighted by atomic mass is 79.9. The molecule has 2 bridgehead atoms. The van der Waals surface area contributed by atoms with Crippen LogP contribution in [0.1, 0.15) is 33.1 Å². The molecule has 15 heavy (non-hydrogen) atoms. The van der Waals surface area contributed by atoms with Crippen LogP contribution >= 0.6 is 15.9 Å². The van der Waals surface area contributed by atoms with Crippen LogP contribution in [0, 0.1) is 10.8 Å². The van der Waals surface area contributed by atoms with Gasteiger partial charge in [-0.15, -0.1) is 0 Å². The Bertz CT molecular complexity index is 281. The number of hydrogen-bond donors (Lipinski definition) is 2. The first-order valence-electron chi connectivity index (χ1n) is 5.39. The van der Waals surface area contributed by atoms with Crippen molar-refractivity contribution in [2.45, 2.75) is 37.4 Å². The number of carbonyl (C=O) groups excluding carboxylic acids is 1. The minimum Gasteiger partial charge on any atom is -0.396 e. The first-order valence-corrected chi connectivity index (χ1v) is 6.18. The number of nitrogens with one attached hydrogen (secondary N) is 1. The molecule has 4 heteroatoms. The van der Waals surface area contributed by atoms with Crippen LogP contribution in [0.25, 0.3) is 0 Å². The van der Waals surface area contributed by atoms with Gasteiger partial charge < -0.3 is 10.4 Å². The van der Waals surface area contributed by atoms with Crippen molar-refractivity contribution in [2.24, 2.45) is 10.8 Å². The maximum Gasteiger partial charge on any atom is 0.226 e. The molecule has 0 spiro atoms. The van der Waals surface area contributed by atoms with E-state index in [2.05, 4.69) is 21.2 Å². The van der Waals surface area contributed by atoms with Crippen molar-refractivity contribution in [2.75, 3.05) is 13.2 Å². The van der Waals surface area contributed by atoms with Crippen LogP contribution in [-0.4, -0.2) is 28.5 Å². The standard InChI is InChI=1S/C11H18BrNO2/c1-9(2,7-14)6-13-8(15)10-3-11(12,4-10)5-10/h14H,3-7H2,1-2H3,(H,13,15). The second-order valence-corrected chi connectivity index (χ2v) is 7.65. The van der Waals surface area contributed by atoms with E-state index in [1.807, 2.05) is 13.8 Å². The van der Waals surface area contributed by atoms with Crippen molar-refractivity contribution in [1.29, 1.82) is 0 Å². The van der Waals surface area contributed by atoms with Gasteiger partial charge in [0.1, 0.15) is 0 Å². The smallest absolute Gasteiger partial charge is 0.226 e. The van der Waals surface area contributed by atoms with Crippen LogP contribution in [0.2, 0.25) is 0 Å². The molecule has 0 aromatic rings. The molecule has 3 fully saturated rings. The van der Waals surface area contributed by atoms with Gasteiger partial charge in [-0.05, 0) is 19.3 Å². The molecule has 2 N–H and O–H groups in total. The number of hydrogen-bond acceptors (Lipinski definition) is 2. The molecule has 1 amide bonds. The Labute approximate surface area is 98.8 Å². The van der Waals surface area contributed by atoms with Gasteiger partial charge in [-0.1, -0.05) is 29.8 Å². The first-order chi connectivity index (χ1) is 6.81. The number of carbonyl (C=O) groups is 1. The van der Waals surface area contributed by atoms with Gasteiger partial charge in [0.05, 0.1) is 5.41 Å². The zero-order valence-corrected chi connectivity index (χ0v) is 10.9. The average molecular weight is 276 g/mol. The quantitative estimate of drug-likeness (QED) is 0.763. The normalized spacial score (nSPS) is 37.9. The Morgan fingerprint density at radius 2 is 2.00 bits per heavy atom. The highest BCUT2D eigenvalue weighted by Crippen LogP contribution is 2.71. The number of alkyl halides is 1. The molecule has 3 rings (SSSR count). The minimum absolute atomic E-state index is 0.0744. The third-order valence-corrected chi connectivity index (χ3v) is 4.44. The third kappa shape index (κ3) is 1.82. The van der Waals surface area contributed by atoms with Gasteiger partial charge in [0.2, 0.25) is 5.91 Å². The van der Waals surface area contributed by atoms with Crippen LogP contribution in [0.5, 0.6) is 0 Å². The Balaban J connectivity index is 1.80. The van der Waals surface area contributed by atoms with E-state index in [0.717, 1.165) is 19.3 Å². The highest BCUT2D eigenvalue weighted by molar-refractivity contribution is 9.10. The Morgan fingerprint density at radius 1 is 1.47 bits per heavy atom. The number of aliphatic hydroxyl groups is 1. The van der Waals surface area contributed by atoms with Gasteiger partial charge >= 0.3 is 0 Å². The van der Waals surface area contributed by atoms with E-state index in [1.165, 1.54) is 0 Å². The van der Waals surface area contributed by atoms with Gasteiger partial charge in [-0.25, -0.2) is 0 Å². The molecular weight excluding hydrogens is 258 g/mol. The minimum atomic E-state index is -0.217. The van der Waals surface area contributed by atoms with Crippen molar-refractivity contribution >= 4 is 21.8 Å². The monoisotopic (exact) mass is 275 g/mol. The third-order valence-electron chi connectivity index (χ3n) is 3.60. The lowest BCUT2D eigenvalue weighted by Gasteiger charge is -2.66. The Hall–Kier alpha value is -0.0900. The molecule has 0 unspecified atom stereocenters. The predicted molar refractivity (Wildman–Crippen MR) is 61.8 cm³/mol. The summed E-state index contributed by atoms with van der Waals surface area (Å²) >= 11 is 3.62. The fourth-order valence-electron chi connectivity index (χ4n) is 2.47. The van der Waals surface area contributed by atoms with Crippen molar-refractivity contribution in [3.05, 3.63) is 0 Å². The van der Waals surface area contributed by atoms with Crippen molar-refractivity contribution in [3.63, 3.8) is 0 Å². The first kappa shape index (κ1) is 11.4. The van der Waals surface area contributed by atoms with Crippen LogP contribution in [0.3, 0.4) is 0 Å². The molecule has 0 heterocycles. The molecule has 86 valence electrons. The van der Waals surface area contributed by atoms with Gasteiger partial charge in [0.25, 0.3) is 0 Å². The summed E-state index contributed by atoms with van der Waals surface area (Å²) in [6, 6.07) is 0. The summed E-state index contributed by atoms with van der Waals surface area (Å²) in [5, 5.41) is 12.0. The molecule has 3 nitrogen and oxygen atoms in total. The molecule has 0 aliphatic heterocycles. The fraction of sp³-hybridized carbons (Fsp3) is 0.909. The summed E-state index contributed by atoms with van der Waals surface area (Å²) < 4.78 is 0.289. The molecular formula is C11H18BrNO2. The van der Waals surface area contributed by atoms with E-state index < -0.39 is 0 Å². The number of halogens is 1. The second kappa shape index (κ2) is 3.20. The number of amides is 1. The number of rotatable bonds is 4. The topological polar surface area (TPSA) is 49.3 Å². The van der Waals surface area contributed by atoms with Gasteiger partial charge in [0, 0.05) is 22.9 Å². The Morgan fingerprint density at radius 3 is 2.40 bits per heavy atom. The van der Waals surface area contributed by atoms with Crippen molar-refractivity contribution < 1.29 is 9.90 Å². The molecule has 3 aliphatic rings. The van der Waals surface area contributed by atoms with Crippen molar-refractivity contribution in [1.82, 2.24) is 5.32 Å². The largest absolute Gasteiger partial charge is 0.396 e. The summed E-state index contributed by atoms with van der Waals surface area (Å²) in [5.74, 6) is 0.172. The van der Waals surface area contributed by atoms with E-state index in [1.54, 1.807) is 0 Å². The summed E-state index contributed by atoms with van der Waals surface area (Å²) in [6.07, 6.45) is 2.93. The summed E-state index contributed by atoms with van der Waals surface area (Å²) in [7, 11) is 0. The summed E-state index contributed by atoms with van der Waals surface area (Å²) in [5.41, 5.74) is -0.291. The molecule has 0 atom stereocenters. The molecule has 0 saturated heterocycles. The molecule has 3 aliphatic carbocycles. The average Bonchev–Trinajstić information content (AvgIpc) is 2.08. The van der Waals surface area contributed by atoms with Gasteiger partial charge in [-0.2, -0.15) is 0 Å². The van der Waals surface area contributed by atoms with E-state index in [9.17, 15) is 4.79 Å². The molecule has 0 aromatic carbocycles. The zero-order valence-electron chi connectivity index (χ0n) is 9.27. The predicted octanol–water partition coefficient (Wildman–Crippen LogP) is 1.44.